The highest BCUT2D eigenvalue weighted by atomic mass is 16.4. The highest BCUT2D eigenvalue weighted by Crippen LogP contribution is 2.38. The van der Waals surface area contributed by atoms with E-state index >= 15 is 0 Å². The molecule has 0 radical (unpaired) electrons. The largest absolute Gasteiger partial charge is 0.481 e. The van der Waals surface area contributed by atoms with E-state index in [-0.39, 0.29) is 17.9 Å². The number of aliphatic carboxylic acids is 1. The highest BCUT2D eigenvalue weighted by Gasteiger charge is 2.43. The number of carboxylic acids is 1. The van der Waals surface area contributed by atoms with Gasteiger partial charge in [-0.3, -0.25) is 9.59 Å². The minimum Gasteiger partial charge on any atom is -0.481 e. The summed E-state index contributed by atoms with van der Waals surface area (Å²) in [6, 6.07) is 0.268. The smallest absolute Gasteiger partial charge is 0.307 e. The SMILES string of the molecule is CC1C[C@H](C(=O)N(C)C2CCN(C)CC2)[C@H](C(=O)O)C1. The Balaban J connectivity index is 2.00. The Bertz CT molecular complexity index is 377. The summed E-state index contributed by atoms with van der Waals surface area (Å²) >= 11 is 0. The fourth-order valence-corrected chi connectivity index (χ4v) is 3.66. The molecule has 1 N–H and O–H groups in total. The number of amides is 1. The van der Waals surface area contributed by atoms with E-state index in [9.17, 15) is 14.7 Å². The number of carbonyl (C=O) groups is 2. The lowest BCUT2D eigenvalue weighted by molar-refractivity contribution is -0.149. The van der Waals surface area contributed by atoms with E-state index in [1.807, 2.05) is 18.9 Å². The fraction of sp³-hybridized carbons (Fsp3) is 0.867. The summed E-state index contributed by atoms with van der Waals surface area (Å²) in [7, 11) is 3.94. The van der Waals surface area contributed by atoms with E-state index in [2.05, 4.69) is 11.9 Å². The summed E-state index contributed by atoms with van der Waals surface area (Å²) < 4.78 is 0. The van der Waals surface area contributed by atoms with Crippen LogP contribution in [0.5, 0.6) is 0 Å². The Kier molecular flexibility index (Phi) is 4.68. The van der Waals surface area contributed by atoms with Gasteiger partial charge in [-0.25, -0.2) is 0 Å². The minimum absolute atomic E-state index is 0.0382. The number of carbonyl (C=O) groups excluding carboxylic acids is 1. The number of hydrogen-bond donors (Lipinski definition) is 1. The molecule has 2 fully saturated rings. The first-order chi connectivity index (χ1) is 9.40. The van der Waals surface area contributed by atoms with E-state index < -0.39 is 11.9 Å². The molecule has 1 saturated carbocycles. The first kappa shape index (κ1) is 15.3. The second-order valence-electron chi connectivity index (χ2n) is 6.61. The van der Waals surface area contributed by atoms with Crippen LogP contribution in [0.3, 0.4) is 0 Å². The Morgan fingerprint density at radius 2 is 1.70 bits per heavy atom. The zero-order chi connectivity index (χ0) is 14.9. The van der Waals surface area contributed by atoms with Crippen LogP contribution in [0.15, 0.2) is 0 Å². The number of rotatable bonds is 3. The van der Waals surface area contributed by atoms with Crippen molar-refractivity contribution in [2.45, 2.75) is 38.6 Å². The summed E-state index contributed by atoms with van der Waals surface area (Å²) in [5, 5.41) is 9.30. The van der Waals surface area contributed by atoms with Crippen molar-refractivity contribution in [3.63, 3.8) is 0 Å². The maximum atomic E-state index is 12.6. The van der Waals surface area contributed by atoms with Gasteiger partial charge in [0.1, 0.15) is 0 Å². The average Bonchev–Trinajstić information content (AvgIpc) is 2.80. The van der Waals surface area contributed by atoms with Crippen molar-refractivity contribution in [2.24, 2.45) is 17.8 Å². The standard InChI is InChI=1S/C15H26N2O3/c1-10-8-12(13(9-10)15(19)20)14(18)17(3)11-4-6-16(2)7-5-11/h10-13H,4-9H2,1-3H3,(H,19,20)/t10?,12-,13+/m0/s1. The van der Waals surface area contributed by atoms with E-state index in [0.717, 1.165) is 25.9 Å². The average molecular weight is 282 g/mol. The molecule has 1 aliphatic heterocycles. The zero-order valence-electron chi connectivity index (χ0n) is 12.7. The van der Waals surface area contributed by atoms with E-state index in [0.29, 0.717) is 18.8 Å². The van der Waals surface area contributed by atoms with Crippen molar-refractivity contribution in [3.8, 4) is 0 Å². The van der Waals surface area contributed by atoms with Crippen LogP contribution in [0.2, 0.25) is 0 Å². The van der Waals surface area contributed by atoms with Gasteiger partial charge in [0.05, 0.1) is 11.8 Å². The van der Waals surface area contributed by atoms with Gasteiger partial charge >= 0.3 is 5.97 Å². The summed E-state index contributed by atoms with van der Waals surface area (Å²) in [5.74, 6) is -1.27. The Morgan fingerprint density at radius 3 is 2.25 bits per heavy atom. The maximum absolute atomic E-state index is 12.6. The van der Waals surface area contributed by atoms with Crippen LogP contribution in [-0.2, 0) is 9.59 Å². The summed E-state index contributed by atoms with van der Waals surface area (Å²) in [5.41, 5.74) is 0. The molecule has 1 saturated heterocycles. The lowest BCUT2D eigenvalue weighted by Gasteiger charge is -2.36. The normalized spacial score (nSPS) is 32.2. The van der Waals surface area contributed by atoms with Gasteiger partial charge in [0.2, 0.25) is 5.91 Å². The van der Waals surface area contributed by atoms with E-state index in [1.54, 1.807) is 0 Å². The van der Waals surface area contributed by atoms with Gasteiger partial charge in [-0.2, -0.15) is 0 Å². The maximum Gasteiger partial charge on any atom is 0.307 e. The minimum atomic E-state index is -0.815. The molecule has 2 rings (SSSR count). The van der Waals surface area contributed by atoms with E-state index in [4.69, 9.17) is 0 Å². The molecular formula is C15H26N2O3. The second-order valence-corrected chi connectivity index (χ2v) is 6.61. The van der Waals surface area contributed by atoms with Crippen molar-refractivity contribution < 1.29 is 14.7 Å². The van der Waals surface area contributed by atoms with Crippen LogP contribution in [-0.4, -0.2) is 60.0 Å². The predicted octanol–water partition coefficient (Wildman–Crippen LogP) is 1.29. The molecule has 0 bridgehead atoms. The van der Waals surface area contributed by atoms with Gasteiger partial charge < -0.3 is 14.9 Å². The topological polar surface area (TPSA) is 60.9 Å². The molecule has 5 nitrogen and oxygen atoms in total. The predicted molar refractivity (Wildman–Crippen MR) is 76.3 cm³/mol. The summed E-state index contributed by atoms with van der Waals surface area (Å²) in [4.78, 5) is 28.1. The fourth-order valence-electron chi connectivity index (χ4n) is 3.66. The third kappa shape index (κ3) is 3.14. The molecule has 1 unspecified atom stereocenters. The van der Waals surface area contributed by atoms with Crippen molar-refractivity contribution in [3.05, 3.63) is 0 Å². The number of likely N-dealkylation sites (tertiary alicyclic amines) is 1. The third-order valence-electron chi connectivity index (χ3n) is 5.02. The first-order valence-corrected chi connectivity index (χ1v) is 7.58. The molecule has 2 aliphatic rings. The van der Waals surface area contributed by atoms with Gasteiger partial charge in [-0.15, -0.1) is 0 Å². The van der Waals surface area contributed by atoms with Crippen LogP contribution < -0.4 is 0 Å². The third-order valence-corrected chi connectivity index (χ3v) is 5.02. The van der Waals surface area contributed by atoms with Crippen molar-refractivity contribution in [1.82, 2.24) is 9.80 Å². The molecule has 20 heavy (non-hydrogen) atoms. The van der Waals surface area contributed by atoms with Crippen LogP contribution >= 0.6 is 0 Å². The van der Waals surface area contributed by atoms with E-state index in [1.165, 1.54) is 0 Å². The number of nitrogens with zero attached hydrogens (tertiary/aromatic N) is 2. The van der Waals surface area contributed by atoms with Crippen LogP contribution in [0, 0.1) is 17.8 Å². The monoisotopic (exact) mass is 282 g/mol. The second kappa shape index (κ2) is 6.12. The van der Waals surface area contributed by atoms with Gasteiger partial charge in [-0.1, -0.05) is 6.92 Å². The van der Waals surface area contributed by atoms with Crippen LogP contribution in [0.25, 0.3) is 0 Å². The molecule has 114 valence electrons. The number of carboxylic acid groups (broad SMARTS) is 1. The summed E-state index contributed by atoms with van der Waals surface area (Å²) in [6.45, 7) is 4.05. The van der Waals surface area contributed by atoms with Crippen molar-refractivity contribution in [1.29, 1.82) is 0 Å². The number of piperidine rings is 1. The zero-order valence-corrected chi connectivity index (χ0v) is 12.7. The quantitative estimate of drug-likeness (QED) is 0.847. The lowest BCUT2D eigenvalue weighted by atomic mass is 9.93. The summed E-state index contributed by atoms with van der Waals surface area (Å²) in [6.07, 6.45) is 3.32. The molecule has 3 atom stereocenters. The molecule has 0 aromatic rings. The Hall–Kier alpha value is -1.10. The lowest BCUT2D eigenvalue weighted by Crippen LogP contribution is -2.47. The molecule has 1 aliphatic carbocycles. The van der Waals surface area contributed by atoms with Gasteiger partial charge in [-0.05, 0) is 51.7 Å². The number of hydrogen-bond acceptors (Lipinski definition) is 3. The molecule has 0 aromatic heterocycles. The van der Waals surface area contributed by atoms with Crippen molar-refractivity contribution in [2.75, 3.05) is 27.2 Å². The molecule has 0 spiro atoms. The Morgan fingerprint density at radius 1 is 1.15 bits per heavy atom. The first-order valence-electron chi connectivity index (χ1n) is 7.58. The highest BCUT2D eigenvalue weighted by molar-refractivity contribution is 5.85. The van der Waals surface area contributed by atoms with Crippen LogP contribution in [0.4, 0.5) is 0 Å². The Labute approximate surface area is 120 Å². The molecule has 5 heteroatoms. The molecule has 0 aromatic carbocycles. The van der Waals surface area contributed by atoms with Gasteiger partial charge in [0.25, 0.3) is 0 Å². The van der Waals surface area contributed by atoms with Crippen LogP contribution in [0.1, 0.15) is 32.6 Å². The van der Waals surface area contributed by atoms with Gasteiger partial charge in [0, 0.05) is 13.1 Å². The molecule has 1 heterocycles. The molecule has 1 amide bonds. The molecular weight excluding hydrogens is 256 g/mol. The van der Waals surface area contributed by atoms with Crippen molar-refractivity contribution >= 4 is 11.9 Å². The van der Waals surface area contributed by atoms with Gasteiger partial charge in [0.15, 0.2) is 0 Å².